The molecule has 0 radical (unpaired) electrons. The molecule has 0 unspecified atom stereocenters. The molecule has 1 fully saturated rings. The number of carbonyl (C=O) groups is 1. The molecule has 128 valence electrons. The summed E-state index contributed by atoms with van der Waals surface area (Å²) in [4.78, 5) is 11.5. The van der Waals surface area contributed by atoms with Crippen LogP contribution in [0, 0.1) is 11.7 Å². The van der Waals surface area contributed by atoms with Gasteiger partial charge in [0.1, 0.15) is 0 Å². The first kappa shape index (κ1) is 17.7. The molecular formula is C18H26FNO3. The van der Waals surface area contributed by atoms with E-state index in [4.69, 9.17) is 9.47 Å². The summed E-state index contributed by atoms with van der Waals surface area (Å²) >= 11 is 0. The molecule has 5 heteroatoms. The van der Waals surface area contributed by atoms with Gasteiger partial charge in [0.15, 0.2) is 11.6 Å². The summed E-state index contributed by atoms with van der Waals surface area (Å²) < 4.78 is 24.4. The molecule has 4 nitrogen and oxygen atoms in total. The first-order chi connectivity index (χ1) is 11.0. The number of ether oxygens (including phenoxy) is 2. The number of hydrogen-bond acceptors (Lipinski definition) is 4. The van der Waals surface area contributed by atoms with Crippen LogP contribution in [0.4, 0.5) is 4.39 Å². The van der Waals surface area contributed by atoms with Crippen molar-refractivity contribution >= 4 is 5.97 Å². The van der Waals surface area contributed by atoms with Crippen LogP contribution in [0.25, 0.3) is 0 Å². The lowest BCUT2D eigenvalue weighted by atomic mass is 9.85. The van der Waals surface area contributed by atoms with E-state index in [1.165, 1.54) is 14.2 Å². The van der Waals surface area contributed by atoms with Crippen molar-refractivity contribution in [1.82, 2.24) is 5.32 Å². The largest absolute Gasteiger partial charge is 0.493 e. The highest BCUT2D eigenvalue weighted by atomic mass is 19.1. The number of nitrogens with one attached hydrogen (secondary N) is 1. The maximum Gasteiger partial charge on any atom is 0.305 e. The number of rotatable bonds is 5. The molecular weight excluding hydrogens is 297 g/mol. The van der Waals surface area contributed by atoms with Crippen molar-refractivity contribution in [3.8, 4) is 5.75 Å². The Morgan fingerprint density at radius 2 is 2.13 bits per heavy atom. The summed E-state index contributed by atoms with van der Waals surface area (Å²) in [7, 11) is 2.90. The molecule has 0 saturated carbocycles. The number of methoxy groups -OCH3 is 2. The molecule has 0 aromatic heterocycles. The summed E-state index contributed by atoms with van der Waals surface area (Å²) in [6.45, 7) is 4.88. The lowest BCUT2D eigenvalue weighted by molar-refractivity contribution is -0.142. The van der Waals surface area contributed by atoms with E-state index >= 15 is 0 Å². The van der Waals surface area contributed by atoms with E-state index in [1.54, 1.807) is 6.07 Å². The number of hydrogen-bond donors (Lipinski definition) is 1. The lowest BCUT2D eigenvalue weighted by Crippen LogP contribution is -2.33. The van der Waals surface area contributed by atoms with Crippen LogP contribution < -0.4 is 10.1 Å². The topological polar surface area (TPSA) is 47.6 Å². The Morgan fingerprint density at radius 1 is 1.39 bits per heavy atom. The highest BCUT2D eigenvalue weighted by Crippen LogP contribution is 2.37. The third-order valence-electron chi connectivity index (χ3n) is 4.54. The van der Waals surface area contributed by atoms with Crippen molar-refractivity contribution in [2.24, 2.45) is 5.92 Å². The fraction of sp³-hybridized carbons (Fsp3) is 0.611. The maximum atomic E-state index is 14.4. The fourth-order valence-corrected chi connectivity index (χ4v) is 3.18. The molecule has 0 spiro atoms. The van der Waals surface area contributed by atoms with E-state index in [0.29, 0.717) is 12.2 Å². The van der Waals surface area contributed by atoms with Crippen LogP contribution in [0.2, 0.25) is 0 Å². The van der Waals surface area contributed by atoms with Gasteiger partial charge in [0.25, 0.3) is 0 Å². The normalized spacial score (nSPS) is 21.3. The van der Waals surface area contributed by atoms with Gasteiger partial charge in [-0.05, 0) is 42.9 Å². The number of halogens is 1. The molecule has 0 amide bonds. The Hall–Kier alpha value is -1.62. The van der Waals surface area contributed by atoms with Crippen molar-refractivity contribution < 1.29 is 18.7 Å². The van der Waals surface area contributed by atoms with Gasteiger partial charge in [0, 0.05) is 18.0 Å². The first-order valence-electron chi connectivity index (χ1n) is 8.13. The Balaban J connectivity index is 2.27. The van der Waals surface area contributed by atoms with Gasteiger partial charge in [0.2, 0.25) is 0 Å². The minimum absolute atomic E-state index is 0.0124. The van der Waals surface area contributed by atoms with Gasteiger partial charge in [-0.15, -0.1) is 0 Å². The summed E-state index contributed by atoms with van der Waals surface area (Å²) in [5, 5.41) is 3.43. The Bertz CT molecular complexity index is 559. The summed E-state index contributed by atoms with van der Waals surface area (Å²) in [5.74, 6) is 0.258. The van der Waals surface area contributed by atoms with Crippen LogP contribution in [0.1, 0.15) is 56.2 Å². The monoisotopic (exact) mass is 323 g/mol. The third-order valence-corrected chi connectivity index (χ3v) is 4.54. The van der Waals surface area contributed by atoms with Crippen molar-refractivity contribution in [2.75, 3.05) is 20.8 Å². The summed E-state index contributed by atoms with van der Waals surface area (Å²) in [6.07, 6.45) is 2.09. The zero-order valence-electron chi connectivity index (χ0n) is 14.3. The molecule has 2 atom stereocenters. The van der Waals surface area contributed by atoms with Crippen LogP contribution in [0.3, 0.4) is 0 Å². The highest BCUT2D eigenvalue weighted by Gasteiger charge is 2.28. The van der Waals surface area contributed by atoms with E-state index in [-0.39, 0.29) is 29.7 Å². The smallest absolute Gasteiger partial charge is 0.305 e. The van der Waals surface area contributed by atoms with Gasteiger partial charge >= 0.3 is 5.97 Å². The van der Waals surface area contributed by atoms with Crippen molar-refractivity contribution in [2.45, 2.75) is 45.1 Å². The summed E-state index contributed by atoms with van der Waals surface area (Å²) in [5.41, 5.74) is 1.79. The second-order valence-electron chi connectivity index (χ2n) is 6.46. The number of benzene rings is 1. The zero-order chi connectivity index (χ0) is 17.0. The predicted octanol–water partition coefficient (Wildman–Crippen LogP) is 3.56. The van der Waals surface area contributed by atoms with E-state index < -0.39 is 0 Å². The molecule has 2 rings (SSSR count). The third kappa shape index (κ3) is 4.22. The van der Waals surface area contributed by atoms with Crippen molar-refractivity contribution in [3.63, 3.8) is 0 Å². The van der Waals surface area contributed by atoms with Gasteiger partial charge in [-0.3, -0.25) is 4.79 Å². The molecule has 0 bridgehead atoms. The van der Waals surface area contributed by atoms with Gasteiger partial charge in [-0.1, -0.05) is 19.9 Å². The molecule has 1 aromatic carbocycles. The van der Waals surface area contributed by atoms with E-state index in [0.717, 1.165) is 30.5 Å². The molecule has 0 aliphatic carbocycles. The van der Waals surface area contributed by atoms with Crippen molar-refractivity contribution in [1.29, 1.82) is 0 Å². The summed E-state index contributed by atoms with van der Waals surface area (Å²) in [6, 6.07) is 3.55. The Morgan fingerprint density at radius 3 is 2.74 bits per heavy atom. The number of esters is 1. The molecule has 1 aliphatic heterocycles. The van der Waals surface area contributed by atoms with Gasteiger partial charge in [0.05, 0.1) is 14.2 Å². The first-order valence-corrected chi connectivity index (χ1v) is 8.13. The second kappa shape index (κ2) is 7.77. The molecule has 1 aromatic rings. The van der Waals surface area contributed by atoms with Crippen LogP contribution in [-0.4, -0.2) is 26.7 Å². The SMILES string of the molecule is COC(=O)C[C@@H]1CCN[C@@H](c2cc(C(C)C)cc(F)c2OC)C1. The van der Waals surface area contributed by atoms with Crippen LogP contribution in [-0.2, 0) is 9.53 Å². The fourth-order valence-electron chi connectivity index (χ4n) is 3.18. The molecule has 1 heterocycles. The van der Waals surface area contributed by atoms with E-state index in [9.17, 15) is 9.18 Å². The standard InChI is InChI=1S/C18H26FNO3/c1-11(2)13-9-14(18(23-4)15(19)10-13)16-7-12(5-6-20-16)8-17(21)22-3/h9-12,16,20H,5-8H2,1-4H3/t12-,16-/m1/s1. The lowest BCUT2D eigenvalue weighted by Gasteiger charge is -2.31. The zero-order valence-corrected chi connectivity index (χ0v) is 14.3. The van der Waals surface area contributed by atoms with Gasteiger partial charge in [-0.2, -0.15) is 0 Å². The quantitative estimate of drug-likeness (QED) is 0.842. The van der Waals surface area contributed by atoms with Gasteiger partial charge < -0.3 is 14.8 Å². The van der Waals surface area contributed by atoms with Crippen LogP contribution in [0.5, 0.6) is 5.75 Å². The van der Waals surface area contributed by atoms with Crippen LogP contribution in [0.15, 0.2) is 12.1 Å². The Kier molecular flexibility index (Phi) is 5.99. The number of carbonyl (C=O) groups excluding carboxylic acids is 1. The molecule has 1 saturated heterocycles. The van der Waals surface area contributed by atoms with E-state index in [1.807, 2.05) is 19.9 Å². The van der Waals surface area contributed by atoms with Crippen LogP contribution >= 0.6 is 0 Å². The van der Waals surface area contributed by atoms with E-state index in [2.05, 4.69) is 5.32 Å². The second-order valence-corrected chi connectivity index (χ2v) is 6.46. The minimum atomic E-state index is -0.328. The molecule has 1 aliphatic rings. The number of piperidine rings is 1. The van der Waals surface area contributed by atoms with Crippen molar-refractivity contribution in [3.05, 3.63) is 29.1 Å². The van der Waals surface area contributed by atoms with Gasteiger partial charge in [-0.25, -0.2) is 4.39 Å². The minimum Gasteiger partial charge on any atom is -0.493 e. The molecule has 23 heavy (non-hydrogen) atoms. The average molecular weight is 323 g/mol. The maximum absolute atomic E-state index is 14.4. The highest BCUT2D eigenvalue weighted by molar-refractivity contribution is 5.69. The average Bonchev–Trinajstić information content (AvgIpc) is 2.54. The molecule has 1 N–H and O–H groups in total. The Labute approximate surface area is 137 Å². The predicted molar refractivity (Wildman–Crippen MR) is 87.1 cm³/mol.